The molecule has 0 bridgehead atoms. The lowest BCUT2D eigenvalue weighted by atomic mass is 10.0. The number of alkyl halides is 6. The Kier molecular flexibility index (Phi) is 7.43. The summed E-state index contributed by atoms with van der Waals surface area (Å²) < 4.78 is 81.3. The molecule has 0 spiro atoms. The van der Waals surface area contributed by atoms with Crippen LogP contribution in [-0.4, -0.2) is 31.2 Å². The third-order valence-electron chi connectivity index (χ3n) is 7.46. The van der Waals surface area contributed by atoms with Gasteiger partial charge in [0.15, 0.2) is 0 Å². The fourth-order valence-corrected chi connectivity index (χ4v) is 5.14. The third kappa shape index (κ3) is 6.49. The van der Waals surface area contributed by atoms with E-state index in [1.165, 1.54) is 16.7 Å². The van der Waals surface area contributed by atoms with Crippen LogP contribution in [0.15, 0.2) is 24.3 Å². The zero-order chi connectivity index (χ0) is 28.8. The average molecular weight is 568 g/mol. The molecule has 13 heteroatoms. The van der Waals surface area contributed by atoms with Gasteiger partial charge in [-0.2, -0.15) is 31.1 Å². The zero-order valence-electron chi connectivity index (χ0n) is 22.4. The number of aryl methyl sites for hydroxylation is 3. The number of pyridine rings is 1. The fourth-order valence-electron chi connectivity index (χ4n) is 5.14. The van der Waals surface area contributed by atoms with E-state index >= 15 is 0 Å². The van der Waals surface area contributed by atoms with E-state index in [2.05, 4.69) is 20.7 Å². The van der Waals surface area contributed by atoms with Gasteiger partial charge in [-0.25, -0.2) is 4.98 Å². The van der Waals surface area contributed by atoms with Crippen LogP contribution in [0.2, 0.25) is 0 Å². The summed E-state index contributed by atoms with van der Waals surface area (Å²) in [6, 6.07) is 3.86. The largest absolute Gasteiger partial charge is 0.416 e. The Hall–Kier alpha value is -3.38. The first-order valence-electron chi connectivity index (χ1n) is 13.3. The first-order chi connectivity index (χ1) is 18.8. The molecule has 0 unspecified atom stereocenters. The Morgan fingerprint density at radius 1 is 0.950 bits per heavy atom. The lowest BCUT2D eigenvalue weighted by Gasteiger charge is -2.26. The number of rotatable bonds is 10. The second kappa shape index (κ2) is 10.5. The highest BCUT2D eigenvalue weighted by Crippen LogP contribution is 2.46. The van der Waals surface area contributed by atoms with Crippen LogP contribution in [0.25, 0.3) is 0 Å². The van der Waals surface area contributed by atoms with Crippen molar-refractivity contribution in [2.75, 3.05) is 10.2 Å². The Morgan fingerprint density at radius 2 is 1.55 bits per heavy atom. The molecule has 7 nitrogen and oxygen atoms in total. The Balaban J connectivity index is 1.52. The molecule has 0 amide bonds. The molecule has 216 valence electrons. The van der Waals surface area contributed by atoms with E-state index in [-0.39, 0.29) is 30.7 Å². The van der Waals surface area contributed by atoms with E-state index in [1.807, 2.05) is 19.9 Å². The van der Waals surface area contributed by atoms with E-state index in [0.29, 0.717) is 23.7 Å². The topological polar surface area (TPSA) is 71.8 Å². The predicted octanol–water partition coefficient (Wildman–Crippen LogP) is 6.32. The molecule has 0 atom stereocenters. The summed E-state index contributed by atoms with van der Waals surface area (Å²) in [4.78, 5) is 7.62. The van der Waals surface area contributed by atoms with Crippen molar-refractivity contribution in [3.05, 3.63) is 57.8 Å². The van der Waals surface area contributed by atoms with Gasteiger partial charge >= 0.3 is 12.4 Å². The SMILES string of the molecule is CCc1nc(NC(C2CC2)C2CC2)c(CN(Cc2cc(C(F)(F)F)cc(C(F)(F)F)c2)c2nnn(C)n2)cc1C. The van der Waals surface area contributed by atoms with Crippen molar-refractivity contribution in [2.24, 2.45) is 18.9 Å². The summed E-state index contributed by atoms with van der Waals surface area (Å²) in [5.41, 5.74) is -0.276. The Labute approximate surface area is 228 Å². The van der Waals surface area contributed by atoms with E-state index in [9.17, 15) is 26.3 Å². The highest BCUT2D eigenvalue weighted by atomic mass is 19.4. The molecule has 1 aromatic carbocycles. The number of anilines is 2. The molecule has 3 aromatic rings. The number of halogens is 6. The lowest BCUT2D eigenvalue weighted by molar-refractivity contribution is -0.143. The predicted molar refractivity (Wildman–Crippen MR) is 136 cm³/mol. The van der Waals surface area contributed by atoms with Gasteiger partial charge < -0.3 is 10.2 Å². The van der Waals surface area contributed by atoms with Crippen LogP contribution in [0.3, 0.4) is 0 Å². The minimum atomic E-state index is -4.94. The van der Waals surface area contributed by atoms with Gasteiger partial charge in [0.2, 0.25) is 0 Å². The summed E-state index contributed by atoms with van der Waals surface area (Å²) in [5.74, 6) is 1.92. The number of hydrogen-bond donors (Lipinski definition) is 1. The van der Waals surface area contributed by atoms with Crippen LogP contribution in [-0.2, 0) is 38.9 Å². The Morgan fingerprint density at radius 3 is 2.02 bits per heavy atom. The van der Waals surface area contributed by atoms with E-state index in [0.717, 1.165) is 61.1 Å². The molecule has 2 heterocycles. The second-order valence-corrected chi connectivity index (χ2v) is 10.8. The lowest BCUT2D eigenvalue weighted by Crippen LogP contribution is -2.29. The Bertz CT molecular complexity index is 1310. The third-order valence-corrected chi connectivity index (χ3v) is 7.46. The zero-order valence-corrected chi connectivity index (χ0v) is 22.4. The first-order valence-corrected chi connectivity index (χ1v) is 13.3. The van der Waals surface area contributed by atoms with Crippen LogP contribution in [0.4, 0.5) is 38.1 Å². The highest BCUT2D eigenvalue weighted by Gasteiger charge is 2.42. The molecule has 2 aliphatic rings. The number of nitrogens with one attached hydrogen (secondary N) is 1. The van der Waals surface area contributed by atoms with Crippen molar-refractivity contribution < 1.29 is 26.3 Å². The van der Waals surface area contributed by atoms with E-state index in [4.69, 9.17) is 4.98 Å². The molecule has 0 radical (unpaired) electrons. The number of hydrogen-bond acceptors (Lipinski definition) is 6. The normalized spacial score (nSPS) is 16.1. The minimum absolute atomic E-state index is 0.0811. The number of nitrogens with zero attached hydrogens (tertiary/aromatic N) is 6. The molecule has 0 aliphatic heterocycles. The van der Waals surface area contributed by atoms with Crippen molar-refractivity contribution >= 4 is 11.8 Å². The summed E-state index contributed by atoms with van der Waals surface area (Å²) >= 11 is 0. The maximum atomic E-state index is 13.5. The van der Waals surface area contributed by atoms with Gasteiger partial charge in [-0.05, 0) is 91.5 Å². The van der Waals surface area contributed by atoms with Crippen molar-refractivity contribution in [2.45, 2.75) is 77.4 Å². The minimum Gasteiger partial charge on any atom is -0.366 e. The van der Waals surface area contributed by atoms with Gasteiger partial charge in [0.1, 0.15) is 5.82 Å². The van der Waals surface area contributed by atoms with E-state index in [1.54, 1.807) is 0 Å². The fraction of sp³-hybridized carbons (Fsp3) is 0.556. The van der Waals surface area contributed by atoms with Crippen molar-refractivity contribution in [1.29, 1.82) is 0 Å². The second-order valence-electron chi connectivity index (χ2n) is 10.8. The van der Waals surface area contributed by atoms with Crippen molar-refractivity contribution in [3.63, 3.8) is 0 Å². The van der Waals surface area contributed by atoms with Gasteiger partial charge in [0.25, 0.3) is 5.95 Å². The summed E-state index contributed by atoms with van der Waals surface area (Å²) in [6.07, 6.45) is -4.55. The molecule has 5 rings (SSSR count). The summed E-state index contributed by atoms with van der Waals surface area (Å²) in [6.45, 7) is 3.75. The molecule has 40 heavy (non-hydrogen) atoms. The van der Waals surface area contributed by atoms with Crippen LogP contribution >= 0.6 is 0 Å². The first kappa shape index (κ1) is 28.2. The molecular formula is C27H31F6N7. The van der Waals surface area contributed by atoms with E-state index < -0.39 is 23.5 Å². The quantitative estimate of drug-likeness (QED) is 0.289. The van der Waals surface area contributed by atoms with Crippen LogP contribution < -0.4 is 10.2 Å². The maximum Gasteiger partial charge on any atom is 0.416 e. The summed E-state index contributed by atoms with van der Waals surface area (Å²) in [5, 5.41) is 15.7. The smallest absolute Gasteiger partial charge is 0.366 e. The van der Waals surface area contributed by atoms with Crippen LogP contribution in [0.1, 0.15) is 66.1 Å². The maximum absolute atomic E-state index is 13.5. The highest BCUT2D eigenvalue weighted by molar-refractivity contribution is 5.51. The molecule has 2 fully saturated rings. The van der Waals surface area contributed by atoms with Crippen LogP contribution in [0, 0.1) is 18.8 Å². The van der Waals surface area contributed by atoms with Gasteiger partial charge in [0.05, 0.1) is 18.2 Å². The molecule has 2 aliphatic carbocycles. The summed E-state index contributed by atoms with van der Waals surface area (Å²) in [7, 11) is 1.53. The van der Waals surface area contributed by atoms with Crippen LogP contribution in [0.5, 0.6) is 0 Å². The number of tetrazole rings is 1. The van der Waals surface area contributed by atoms with Gasteiger partial charge in [-0.3, -0.25) is 0 Å². The molecule has 0 saturated heterocycles. The number of benzene rings is 1. The van der Waals surface area contributed by atoms with Gasteiger partial charge in [0, 0.05) is 30.4 Å². The van der Waals surface area contributed by atoms with Crippen molar-refractivity contribution in [1.82, 2.24) is 25.2 Å². The monoisotopic (exact) mass is 567 g/mol. The molecular weight excluding hydrogens is 536 g/mol. The van der Waals surface area contributed by atoms with Gasteiger partial charge in [-0.15, -0.1) is 5.10 Å². The van der Waals surface area contributed by atoms with Crippen molar-refractivity contribution in [3.8, 4) is 0 Å². The molecule has 2 aromatic heterocycles. The standard InChI is InChI=1S/C27H31F6N7/c1-4-22-15(2)9-19(24(34-22)35-23(17-5-6-17)18-7-8-18)14-40(25-36-38-39(3)37-25)13-16-10-20(26(28,29)30)12-21(11-16)27(31,32)33/h9-12,17-18,23H,4-8,13-14H2,1-3H3,(H,34,35). The average Bonchev–Trinajstić information content (AvgIpc) is 3.81. The number of aromatic nitrogens is 5. The van der Waals surface area contributed by atoms with Gasteiger partial charge in [-0.1, -0.05) is 12.0 Å². The molecule has 1 N–H and O–H groups in total. The molecule has 2 saturated carbocycles.